The number of aromatic nitrogens is 2. The first kappa shape index (κ1) is 14.2. The van der Waals surface area contributed by atoms with Gasteiger partial charge in [-0.25, -0.2) is 0 Å². The number of nitrogens with zero attached hydrogens (tertiary/aromatic N) is 2. The first-order valence-corrected chi connectivity index (χ1v) is 6.47. The molecule has 0 unspecified atom stereocenters. The van der Waals surface area contributed by atoms with E-state index in [1.807, 2.05) is 18.5 Å². The van der Waals surface area contributed by atoms with Gasteiger partial charge < -0.3 is 5.73 Å². The molecule has 0 spiro atoms. The smallest absolute Gasteiger partial charge is 0.138 e. The van der Waals surface area contributed by atoms with Crippen molar-refractivity contribution >= 4 is 17.4 Å². The van der Waals surface area contributed by atoms with Crippen molar-refractivity contribution in [3.8, 4) is 0 Å². The lowest BCUT2D eigenvalue weighted by atomic mass is 10.1. The third-order valence-electron chi connectivity index (χ3n) is 2.72. The molecular formula is C12H20ClN3O. The van der Waals surface area contributed by atoms with E-state index in [4.69, 9.17) is 17.3 Å². The van der Waals surface area contributed by atoms with E-state index in [0.717, 1.165) is 30.8 Å². The zero-order valence-corrected chi connectivity index (χ0v) is 11.3. The highest BCUT2D eigenvalue weighted by atomic mass is 35.5. The van der Waals surface area contributed by atoms with Crippen molar-refractivity contribution < 1.29 is 4.79 Å². The van der Waals surface area contributed by atoms with Gasteiger partial charge in [-0.1, -0.05) is 18.5 Å². The number of hydrogen-bond donors (Lipinski definition) is 1. The Bertz CT molecular complexity index is 387. The molecular weight excluding hydrogens is 238 g/mol. The molecule has 0 radical (unpaired) electrons. The number of carbonyl (C=O) groups excluding carboxylic acids is 1. The number of nitrogens with two attached hydrogens (primary N) is 1. The lowest BCUT2D eigenvalue weighted by molar-refractivity contribution is -0.118. The number of Topliss-reactive ketones (excluding diaryl/α,β-unsaturated/α-hetero) is 1. The summed E-state index contributed by atoms with van der Waals surface area (Å²) in [4.78, 5) is 11.7. The van der Waals surface area contributed by atoms with E-state index in [2.05, 4.69) is 5.10 Å². The predicted molar refractivity (Wildman–Crippen MR) is 69.3 cm³/mol. The molecule has 4 nitrogen and oxygen atoms in total. The topological polar surface area (TPSA) is 60.9 Å². The van der Waals surface area contributed by atoms with E-state index in [0.29, 0.717) is 24.4 Å². The second kappa shape index (κ2) is 6.77. The number of halogens is 1. The van der Waals surface area contributed by atoms with Crippen LogP contribution in [0.1, 0.15) is 38.1 Å². The average molecular weight is 258 g/mol. The van der Waals surface area contributed by atoms with E-state index in [9.17, 15) is 4.79 Å². The van der Waals surface area contributed by atoms with Gasteiger partial charge in [0.05, 0.1) is 16.4 Å². The normalized spacial score (nSPS) is 10.8. The predicted octanol–water partition coefficient (Wildman–Crippen LogP) is 1.97. The minimum atomic E-state index is 0.176. The summed E-state index contributed by atoms with van der Waals surface area (Å²) < 4.78 is 1.82. The molecule has 17 heavy (non-hydrogen) atoms. The van der Waals surface area contributed by atoms with Crippen molar-refractivity contribution in [2.24, 2.45) is 5.73 Å². The zero-order valence-electron chi connectivity index (χ0n) is 10.5. The van der Waals surface area contributed by atoms with Gasteiger partial charge in [-0.05, 0) is 26.3 Å². The van der Waals surface area contributed by atoms with Gasteiger partial charge in [-0.2, -0.15) is 5.10 Å². The van der Waals surface area contributed by atoms with Gasteiger partial charge in [0.15, 0.2) is 0 Å². The summed E-state index contributed by atoms with van der Waals surface area (Å²) in [5.41, 5.74) is 7.10. The molecule has 96 valence electrons. The Balaban J connectivity index is 2.81. The van der Waals surface area contributed by atoms with Crippen LogP contribution in [-0.4, -0.2) is 22.1 Å². The Morgan fingerprint density at radius 3 is 2.71 bits per heavy atom. The fourth-order valence-corrected chi connectivity index (χ4v) is 2.10. The lowest BCUT2D eigenvalue weighted by Crippen LogP contribution is -2.11. The summed E-state index contributed by atoms with van der Waals surface area (Å²) in [5, 5.41) is 5.04. The molecule has 0 aliphatic carbocycles. The third-order valence-corrected chi connectivity index (χ3v) is 3.15. The average Bonchev–Trinajstić information content (AvgIpc) is 2.63. The van der Waals surface area contributed by atoms with E-state index < -0.39 is 0 Å². The zero-order chi connectivity index (χ0) is 12.8. The van der Waals surface area contributed by atoms with Crippen molar-refractivity contribution in [2.45, 2.75) is 46.1 Å². The van der Waals surface area contributed by atoms with Gasteiger partial charge >= 0.3 is 0 Å². The Labute approximate surface area is 107 Å². The maximum Gasteiger partial charge on any atom is 0.138 e. The van der Waals surface area contributed by atoms with Crippen LogP contribution in [0.5, 0.6) is 0 Å². The molecule has 0 aliphatic heterocycles. The number of hydrogen-bond acceptors (Lipinski definition) is 3. The molecule has 1 rings (SSSR count). The highest BCUT2D eigenvalue weighted by Crippen LogP contribution is 2.22. The van der Waals surface area contributed by atoms with Crippen molar-refractivity contribution in [1.82, 2.24) is 9.78 Å². The van der Waals surface area contributed by atoms with Crippen LogP contribution < -0.4 is 5.73 Å². The molecule has 0 aromatic carbocycles. The summed E-state index contributed by atoms with van der Waals surface area (Å²) >= 11 is 6.23. The molecule has 2 N–H and O–H groups in total. The van der Waals surface area contributed by atoms with Crippen LogP contribution in [0, 0.1) is 0 Å². The van der Waals surface area contributed by atoms with Crippen LogP contribution in [0.4, 0.5) is 0 Å². The summed E-state index contributed by atoms with van der Waals surface area (Å²) in [6, 6.07) is 0. The van der Waals surface area contributed by atoms with Crippen molar-refractivity contribution in [2.75, 3.05) is 6.54 Å². The molecule has 0 saturated heterocycles. The Morgan fingerprint density at radius 1 is 1.47 bits per heavy atom. The standard InChI is InChI=1S/C12H20ClN3O/c1-3-10-12(13)11(16(4-2)15-10)8-9(17)6-5-7-14/h3-8,14H2,1-2H3. The van der Waals surface area contributed by atoms with Crippen molar-refractivity contribution in [3.63, 3.8) is 0 Å². The lowest BCUT2D eigenvalue weighted by Gasteiger charge is -2.04. The molecule has 1 aromatic heterocycles. The SMILES string of the molecule is CCc1nn(CC)c(CC(=O)CCCN)c1Cl. The molecule has 0 fully saturated rings. The van der Waals surface area contributed by atoms with E-state index in [1.54, 1.807) is 0 Å². The minimum absolute atomic E-state index is 0.176. The first-order valence-electron chi connectivity index (χ1n) is 6.09. The molecule has 0 bridgehead atoms. The van der Waals surface area contributed by atoms with Crippen LogP contribution >= 0.6 is 11.6 Å². The molecule has 5 heteroatoms. The van der Waals surface area contributed by atoms with Gasteiger partial charge in [0.25, 0.3) is 0 Å². The second-order valence-electron chi connectivity index (χ2n) is 3.98. The summed E-state index contributed by atoms with van der Waals surface area (Å²) in [6.45, 7) is 5.29. The van der Waals surface area contributed by atoms with Gasteiger partial charge in [0.1, 0.15) is 5.78 Å². The largest absolute Gasteiger partial charge is 0.330 e. The molecule has 0 atom stereocenters. The number of ketones is 1. The summed E-state index contributed by atoms with van der Waals surface area (Å²) in [6.07, 6.45) is 2.40. The molecule has 1 heterocycles. The fraction of sp³-hybridized carbons (Fsp3) is 0.667. The van der Waals surface area contributed by atoms with Gasteiger partial charge in [-0.3, -0.25) is 9.48 Å². The van der Waals surface area contributed by atoms with Crippen LogP contribution in [0.2, 0.25) is 5.02 Å². The third kappa shape index (κ3) is 3.54. The minimum Gasteiger partial charge on any atom is -0.330 e. The molecule has 0 saturated carbocycles. The molecule has 0 amide bonds. The highest BCUT2D eigenvalue weighted by molar-refractivity contribution is 6.32. The highest BCUT2D eigenvalue weighted by Gasteiger charge is 2.16. The van der Waals surface area contributed by atoms with Gasteiger partial charge in [0.2, 0.25) is 0 Å². The van der Waals surface area contributed by atoms with Crippen molar-refractivity contribution in [1.29, 1.82) is 0 Å². The molecule has 1 aromatic rings. The quantitative estimate of drug-likeness (QED) is 0.812. The van der Waals surface area contributed by atoms with Gasteiger partial charge in [0, 0.05) is 19.4 Å². The Morgan fingerprint density at radius 2 is 2.18 bits per heavy atom. The van der Waals surface area contributed by atoms with Crippen LogP contribution in [0.15, 0.2) is 0 Å². The number of aryl methyl sites for hydroxylation is 2. The first-order chi connectivity index (χ1) is 8.13. The second-order valence-corrected chi connectivity index (χ2v) is 4.36. The van der Waals surface area contributed by atoms with E-state index >= 15 is 0 Å². The monoisotopic (exact) mass is 257 g/mol. The van der Waals surface area contributed by atoms with Crippen LogP contribution in [0.25, 0.3) is 0 Å². The van der Waals surface area contributed by atoms with Gasteiger partial charge in [-0.15, -0.1) is 0 Å². The Kier molecular flexibility index (Phi) is 5.65. The maximum absolute atomic E-state index is 11.7. The van der Waals surface area contributed by atoms with E-state index in [1.165, 1.54) is 0 Å². The maximum atomic E-state index is 11.7. The van der Waals surface area contributed by atoms with Crippen LogP contribution in [-0.2, 0) is 24.2 Å². The Hall–Kier alpha value is -0.870. The number of rotatable bonds is 7. The fourth-order valence-electron chi connectivity index (χ4n) is 1.76. The van der Waals surface area contributed by atoms with Crippen molar-refractivity contribution in [3.05, 3.63) is 16.4 Å². The number of carbonyl (C=O) groups is 1. The summed E-state index contributed by atoms with van der Waals surface area (Å²) in [5.74, 6) is 0.176. The molecule has 0 aliphatic rings. The van der Waals surface area contributed by atoms with Crippen LogP contribution in [0.3, 0.4) is 0 Å². The van der Waals surface area contributed by atoms with E-state index in [-0.39, 0.29) is 5.78 Å². The summed E-state index contributed by atoms with van der Waals surface area (Å²) in [7, 11) is 0.